The van der Waals surface area contributed by atoms with Crippen LogP contribution in [0.2, 0.25) is 0 Å². The van der Waals surface area contributed by atoms with Crippen LogP contribution in [0.4, 0.5) is 19.1 Å². The molecule has 4 rings (SSSR count). The summed E-state index contributed by atoms with van der Waals surface area (Å²) in [6.45, 7) is 3.23. The fourth-order valence-corrected chi connectivity index (χ4v) is 4.94. The van der Waals surface area contributed by atoms with Crippen molar-refractivity contribution in [3.63, 3.8) is 0 Å². The van der Waals surface area contributed by atoms with Crippen LogP contribution in [-0.2, 0) is 16.1 Å². The molecule has 2 fully saturated rings. The van der Waals surface area contributed by atoms with Crippen molar-refractivity contribution in [3.8, 4) is 5.75 Å². The van der Waals surface area contributed by atoms with Gasteiger partial charge in [0.15, 0.2) is 0 Å². The first kappa shape index (κ1) is 27.2. The number of rotatable bonds is 5. The van der Waals surface area contributed by atoms with Crippen LogP contribution in [0.15, 0.2) is 42.7 Å². The number of carboxylic acids is 1. The summed E-state index contributed by atoms with van der Waals surface area (Å²) in [4.78, 5) is 37.6. The van der Waals surface area contributed by atoms with Crippen LogP contribution in [0, 0.1) is 5.41 Å². The average molecular weight is 510 g/mol. The van der Waals surface area contributed by atoms with Gasteiger partial charge < -0.3 is 19.6 Å². The molecule has 2 aliphatic rings. The Morgan fingerprint density at radius 2 is 1.89 bits per heavy atom. The summed E-state index contributed by atoms with van der Waals surface area (Å²) in [7, 11) is 5.40. The SMILES string of the molecule is COc1cccc(CN2C[C@H]3N(c4ncccn4)CCC[C@@]3(C(=O)N(C)C)C2)c1.O=C(O)C(F)(F)F. The largest absolute Gasteiger partial charge is 0.497 e. The van der Waals surface area contributed by atoms with Crippen LogP contribution in [0.25, 0.3) is 0 Å². The Kier molecular flexibility index (Phi) is 8.39. The van der Waals surface area contributed by atoms with Crippen molar-refractivity contribution in [2.45, 2.75) is 31.6 Å². The highest BCUT2D eigenvalue weighted by atomic mass is 19.4. The molecular formula is C24H30F3N5O4. The number of carbonyl (C=O) groups excluding carboxylic acids is 1. The predicted molar refractivity (Wildman–Crippen MR) is 125 cm³/mol. The van der Waals surface area contributed by atoms with Crippen LogP contribution in [0.5, 0.6) is 5.75 Å². The number of anilines is 1. The van der Waals surface area contributed by atoms with Gasteiger partial charge >= 0.3 is 12.1 Å². The molecule has 1 aromatic carbocycles. The predicted octanol–water partition coefficient (Wildman–Crippen LogP) is 2.68. The summed E-state index contributed by atoms with van der Waals surface area (Å²) in [6, 6.07) is 10.1. The number of nitrogens with zero attached hydrogens (tertiary/aromatic N) is 5. The Bertz CT molecular complexity index is 1050. The molecule has 2 aromatic rings. The third-order valence-corrected chi connectivity index (χ3v) is 6.40. The van der Waals surface area contributed by atoms with Crippen LogP contribution < -0.4 is 9.64 Å². The number of ether oxygens (including phenoxy) is 1. The number of likely N-dealkylation sites (tertiary alicyclic amines) is 1. The molecule has 3 heterocycles. The van der Waals surface area contributed by atoms with Gasteiger partial charge in [-0.15, -0.1) is 0 Å². The van der Waals surface area contributed by atoms with Crippen molar-refractivity contribution in [1.29, 1.82) is 0 Å². The monoisotopic (exact) mass is 509 g/mol. The number of amides is 1. The van der Waals surface area contributed by atoms with E-state index in [4.69, 9.17) is 14.6 Å². The van der Waals surface area contributed by atoms with Gasteiger partial charge in [0.1, 0.15) is 5.75 Å². The minimum absolute atomic E-state index is 0.0687. The first-order valence-electron chi connectivity index (χ1n) is 11.4. The fraction of sp³-hybridized carbons (Fsp3) is 0.500. The average Bonchev–Trinajstić information content (AvgIpc) is 3.23. The molecule has 9 nitrogen and oxygen atoms in total. The van der Waals surface area contributed by atoms with Gasteiger partial charge in [0.05, 0.1) is 18.6 Å². The van der Waals surface area contributed by atoms with E-state index in [0.29, 0.717) is 0 Å². The number of halogens is 3. The van der Waals surface area contributed by atoms with Gasteiger partial charge in [-0.25, -0.2) is 14.8 Å². The minimum Gasteiger partial charge on any atom is -0.497 e. The zero-order valence-electron chi connectivity index (χ0n) is 20.4. The van der Waals surface area contributed by atoms with Crippen LogP contribution in [0.3, 0.4) is 0 Å². The van der Waals surface area contributed by atoms with Gasteiger partial charge in [-0.3, -0.25) is 9.69 Å². The topological polar surface area (TPSA) is 99.1 Å². The molecule has 196 valence electrons. The molecule has 0 saturated carbocycles. The third kappa shape index (κ3) is 6.04. The van der Waals surface area contributed by atoms with Crippen LogP contribution in [-0.4, -0.2) is 89.8 Å². The van der Waals surface area contributed by atoms with Crippen molar-refractivity contribution < 1.29 is 32.6 Å². The third-order valence-electron chi connectivity index (χ3n) is 6.40. The number of hydrogen-bond donors (Lipinski definition) is 1. The van der Waals surface area contributed by atoms with E-state index in [1.54, 1.807) is 24.4 Å². The first-order valence-corrected chi connectivity index (χ1v) is 11.4. The fourth-order valence-electron chi connectivity index (χ4n) is 4.94. The van der Waals surface area contributed by atoms with E-state index in [1.165, 1.54) is 5.56 Å². The lowest BCUT2D eigenvalue weighted by Gasteiger charge is -2.45. The molecule has 1 aromatic heterocycles. The Hall–Kier alpha value is -3.41. The molecule has 1 amide bonds. The zero-order valence-corrected chi connectivity index (χ0v) is 20.4. The van der Waals surface area contributed by atoms with Crippen molar-refractivity contribution in [1.82, 2.24) is 19.8 Å². The number of aromatic nitrogens is 2. The summed E-state index contributed by atoms with van der Waals surface area (Å²) in [6.07, 6.45) is 0.318. The van der Waals surface area contributed by atoms with E-state index in [0.717, 1.165) is 50.7 Å². The summed E-state index contributed by atoms with van der Waals surface area (Å²) in [5.41, 5.74) is 0.762. The van der Waals surface area contributed by atoms with Crippen molar-refractivity contribution in [2.24, 2.45) is 5.41 Å². The van der Waals surface area contributed by atoms with E-state index in [9.17, 15) is 18.0 Å². The normalized spacial score (nSPS) is 21.7. The number of carbonyl (C=O) groups is 2. The first-order chi connectivity index (χ1) is 17.0. The summed E-state index contributed by atoms with van der Waals surface area (Å²) >= 11 is 0. The van der Waals surface area contributed by atoms with E-state index >= 15 is 0 Å². The highest BCUT2D eigenvalue weighted by Gasteiger charge is 2.56. The zero-order chi connectivity index (χ0) is 26.5. The van der Waals surface area contributed by atoms with E-state index < -0.39 is 17.6 Å². The van der Waals surface area contributed by atoms with Crippen molar-refractivity contribution in [3.05, 3.63) is 48.3 Å². The van der Waals surface area contributed by atoms with Crippen molar-refractivity contribution in [2.75, 3.05) is 45.7 Å². The van der Waals surface area contributed by atoms with E-state index in [1.807, 2.05) is 32.3 Å². The summed E-state index contributed by atoms with van der Waals surface area (Å²) in [5.74, 6) is -0.974. The van der Waals surface area contributed by atoms with Crippen LogP contribution >= 0.6 is 0 Å². The number of methoxy groups -OCH3 is 1. The number of alkyl halides is 3. The highest BCUT2D eigenvalue weighted by molar-refractivity contribution is 5.85. The number of benzene rings is 1. The number of fused-ring (bicyclic) bond motifs is 1. The lowest BCUT2D eigenvalue weighted by atomic mass is 9.74. The van der Waals surface area contributed by atoms with E-state index in [-0.39, 0.29) is 11.9 Å². The Morgan fingerprint density at radius 1 is 1.22 bits per heavy atom. The Balaban J connectivity index is 0.000000454. The second-order valence-corrected chi connectivity index (χ2v) is 9.04. The molecule has 2 atom stereocenters. The minimum atomic E-state index is -5.08. The Labute approximate surface area is 207 Å². The number of aliphatic carboxylic acids is 1. The number of hydrogen-bond acceptors (Lipinski definition) is 7. The van der Waals surface area contributed by atoms with Gasteiger partial charge in [-0.1, -0.05) is 12.1 Å². The molecule has 0 spiro atoms. The lowest BCUT2D eigenvalue weighted by molar-refractivity contribution is -0.192. The summed E-state index contributed by atoms with van der Waals surface area (Å²) < 4.78 is 37.1. The Morgan fingerprint density at radius 3 is 2.47 bits per heavy atom. The molecule has 2 aliphatic heterocycles. The molecular weight excluding hydrogens is 479 g/mol. The second kappa shape index (κ2) is 11.1. The number of carboxylic acid groups (broad SMARTS) is 1. The standard InChI is InChI=1S/C22H29N5O2.C2HF3O2/c1-25(2)20(28)22-9-5-12-27(21-23-10-6-11-24-21)19(22)15-26(16-22)14-17-7-4-8-18(13-17)29-3;3-2(4,5)1(6)7/h4,6-8,10-11,13,19H,5,9,12,14-16H2,1-3H3;(H,6,7)/t19-,22-;/m1./s1. The van der Waals surface area contributed by atoms with E-state index in [2.05, 4.69) is 31.9 Å². The maximum Gasteiger partial charge on any atom is 0.490 e. The van der Waals surface area contributed by atoms with Crippen LogP contribution in [0.1, 0.15) is 18.4 Å². The van der Waals surface area contributed by atoms with Gasteiger partial charge in [0.25, 0.3) is 0 Å². The van der Waals surface area contributed by atoms with Gasteiger partial charge in [-0.05, 0) is 36.6 Å². The lowest BCUT2D eigenvalue weighted by Crippen LogP contribution is -2.58. The smallest absolute Gasteiger partial charge is 0.490 e. The number of piperidine rings is 1. The molecule has 12 heteroatoms. The maximum atomic E-state index is 13.4. The highest BCUT2D eigenvalue weighted by Crippen LogP contribution is 2.44. The van der Waals surface area contributed by atoms with Crippen molar-refractivity contribution >= 4 is 17.8 Å². The maximum absolute atomic E-state index is 13.4. The molecule has 0 bridgehead atoms. The van der Waals surface area contributed by atoms with Gasteiger partial charge in [0, 0.05) is 52.7 Å². The molecule has 36 heavy (non-hydrogen) atoms. The summed E-state index contributed by atoms with van der Waals surface area (Å²) in [5, 5.41) is 7.12. The molecule has 2 saturated heterocycles. The molecule has 0 aliphatic carbocycles. The second-order valence-electron chi connectivity index (χ2n) is 9.04. The molecule has 1 N–H and O–H groups in total. The molecule has 0 unspecified atom stereocenters. The quantitative estimate of drug-likeness (QED) is 0.657. The molecule has 0 radical (unpaired) electrons. The van der Waals surface area contributed by atoms with Gasteiger partial charge in [0.2, 0.25) is 11.9 Å². The van der Waals surface area contributed by atoms with Gasteiger partial charge in [-0.2, -0.15) is 13.2 Å².